The van der Waals surface area contributed by atoms with Crippen LogP contribution in [0, 0.1) is 23.3 Å². The fourth-order valence-electron chi connectivity index (χ4n) is 4.26. The van der Waals surface area contributed by atoms with E-state index in [1.807, 2.05) is 0 Å². The van der Waals surface area contributed by atoms with Crippen LogP contribution >= 0.6 is 11.6 Å². The highest BCUT2D eigenvalue weighted by Gasteiger charge is 2.27. The molecule has 0 fully saturated rings. The number of rotatable bonds is 5. The van der Waals surface area contributed by atoms with Crippen molar-refractivity contribution < 1.29 is 22.3 Å². The van der Waals surface area contributed by atoms with E-state index in [4.69, 9.17) is 16.3 Å². The first-order valence-electron chi connectivity index (χ1n) is 10.8. The van der Waals surface area contributed by atoms with Gasteiger partial charge < -0.3 is 10.1 Å². The summed E-state index contributed by atoms with van der Waals surface area (Å²) >= 11 is 5.85. The first-order valence-corrected chi connectivity index (χ1v) is 11.2. The van der Waals surface area contributed by atoms with Crippen molar-refractivity contribution in [2.24, 2.45) is 0 Å². The molecule has 12 heteroatoms. The number of methoxy groups -OCH3 is 1. The minimum absolute atomic E-state index is 0.131. The normalized spacial score (nSPS) is 15.5. The van der Waals surface area contributed by atoms with Gasteiger partial charge in [0, 0.05) is 30.4 Å². The van der Waals surface area contributed by atoms with Gasteiger partial charge in [-0.2, -0.15) is 4.98 Å². The maximum Gasteiger partial charge on any atom is 0.246 e. The predicted molar refractivity (Wildman–Crippen MR) is 120 cm³/mol. The third-order valence-electron chi connectivity index (χ3n) is 5.85. The van der Waals surface area contributed by atoms with Gasteiger partial charge in [0.1, 0.15) is 28.7 Å². The highest BCUT2D eigenvalue weighted by molar-refractivity contribution is 6.29. The third kappa shape index (κ3) is 4.43. The number of fused-ring (bicyclic) bond motifs is 1. The summed E-state index contributed by atoms with van der Waals surface area (Å²) in [6, 6.07) is 4.80. The standard InChI is InChI=1S/C23H19ClF4N6O/c1-35-18-9-13(8-17(27)21(18)33-10-19(24)29-11-33)30-23-31-22-14(4-2-3-5-34(22)32-23)12-6-15(25)20(28)16(26)7-12/h6-11,14H,2-5H2,1H3,(H,30,32). The average Bonchev–Trinajstić information content (AvgIpc) is 3.37. The molecule has 3 heterocycles. The summed E-state index contributed by atoms with van der Waals surface area (Å²) in [6.07, 6.45) is 4.94. The number of hydrogen-bond donors (Lipinski definition) is 1. The summed E-state index contributed by atoms with van der Waals surface area (Å²) in [5, 5.41) is 7.61. The van der Waals surface area contributed by atoms with Crippen molar-refractivity contribution in [3.8, 4) is 11.4 Å². The minimum atomic E-state index is -1.51. The molecule has 5 rings (SSSR count). The summed E-state index contributed by atoms with van der Waals surface area (Å²) in [4.78, 5) is 8.41. The van der Waals surface area contributed by atoms with E-state index in [0.29, 0.717) is 24.5 Å². The van der Waals surface area contributed by atoms with E-state index in [0.717, 1.165) is 25.0 Å². The maximum absolute atomic E-state index is 15.0. The molecule has 0 saturated heterocycles. The van der Waals surface area contributed by atoms with Crippen molar-refractivity contribution in [1.29, 1.82) is 0 Å². The lowest BCUT2D eigenvalue weighted by Crippen LogP contribution is -2.09. The summed E-state index contributed by atoms with van der Waals surface area (Å²) in [6.45, 7) is 0.546. The van der Waals surface area contributed by atoms with Gasteiger partial charge in [0.15, 0.2) is 23.3 Å². The summed E-state index contributed by atoms with van der Waals surface area (Å²) < 4.78 is 64.7. The van der Waals surface area contributed by atoms with E-state index in [2.05, 4.69) is 20.4 Å². The van der Waals surface area contributed by atoms with Crippen molar-refractivity contribution in [2.75, 3.05) is 12.4 Å². The molecule has 2 aromatic carbocycles. The molecule has 4 aromatic rings. The minimum Gasteiger partial charge on any atom is -0.494 e. The first kappa shape index (κ1) is 23.2. The molecule has 0 amide bonds. The molecule has 1 aliphatic rings. The number of anilines is 2. The molecule has 0 bridgehead atoms. The van der Waals surface area contributed by atoms with Crippen LogP contribution in [0.25, 0.3) is 5.69 Å². The van der Waals surface area contributed by atoms with Crippen LogP contribution in [0.3, 0.4) is 0 Å². The summed E-state index contributed by atoms with van der Waals surface area (Å²) in [5.41, 5.74) is 0.733. The van der Waals surface area contributed by atoms with E-state index < -0.39 is 29.2 Å². The van der Waals surface area contributed by atoms with Crippen LogP contribution in [0.2, 0.25) is 5.15 Å². The van der Waals surface area contributed by atoms with E-state index >= 15 is 4.39 Å². The van der Waals surface area contributed by atoms with Gasteiger partial charge in [0.2, 0.25) is 5.95 Å². The quantitative estimate of drug-likeness (QED) is 0.276. The zero-order valence-electron chi connectivity index (χ0n) is 18.4. The number of hydrogen-bond acceptors (Lipinski definition) is 5. The fraction of sp³-hybridized carbons (Fsp3) is 0.261. The van der Waals surface area contributed by atoms with E-state index in [1.165, 1.54) is 30.3 Å². The van der Waals surface area contributed by atoms with E-state index in [1.54, 1.807) is 10.7 Å². The zero-order valence-corrected chi connectivity index (χ0v) is 19.2. The van der Waals surface area contributed by atoms with Crippen LogP contribution < -0.4 is 10.1 Å². The van der Waals surface area contributed by atoms with Crippen molar-refractivity contribution in [3.05, 3.63) is 76.6 Å². The second-order valence-electron chi connectivity index (χ2n) is 8.10. The van der Waals surface area contributed by atoms with Crippen molar-refractivity contribution in [2.45, 2.75) is 31.7 Å². The lowest BCUT2D eigenvalue weighted by molar-refractivity contribution is 0.409. The third-order valence-corrected chi connectivity index (χ3v) is 6.04. The summed E-state index contributed by atoms with van der Waals surface area (Å²) in [7, 11) is 1.41. The van der Waals surface area contributed by atoms with Crippen molar-refractivity contribution in [3.63, 3.8) is 0 Å². The number of nitrogens with zero attached hydrogens (tertiary/aromatic N) is 5. The fourth-order valence-corrected chi connectivity index (χ4v) is 4.41. The van der Waals surface area contributed by atoms with Gasteiger partial charge in [-0.15, -0.1) is 5.10 Å². The molecule has 2 aromatic heterocycles. The van der Waals surface area contributed by atoms with Crippen molar-refractivity contribution >= 4 is 23.2 Å². The van der Waals surface area contributed by atoms with Gasteiger partial charge in [-0.3, -0.25) is 4.57 Å². The molecule has 0 saturated carbocycles. The number of benzene rings is 2. The molecule has 1 unspecified atom stereocenters. The van der Waals surface area contributed by atoms with Gasteiger partial charge in [-0.1, -0.05) is 18.0 Å². The number of aryl methyl sites for hydroxylation is 1. The largest absolute Gasteiger partial charge is 0.494 e. The van der Waals surface area contributed by atoms with Crippen LogP contribution in [0.5, 0.6) is 5.75 Å². The Labute approximate surface area is 202 Å². The molecule has 1 aliphatic heterocycles. The predicted octanol–water partition coefficient (Wildman–Crippen LogP) is 5.74. The Balaban J connectivity index is 1.48. The first-order chi connectivity index (χ1) is 16.8. The molecular formula is C23H19ClF4N6O. The Hall–Kier alpha value is -3.60. The highest BCUT2D eigenvalue weighted by Crippen LogP contribution is 2.35. The number of ether oxygens (including phenoxy) is 1. The number of nitrogens with one attached hydrogen (secondary N) is 1. The van der Waals surface area contributed by atoms with Gasteiger partial charge in [0.25, 0.3) is 0 Å². The number of aromatic nitrogens is 5. The molecule has 182 valence electrons. The smallest absolute Gasteiger partial charge is 0.246 e. The van der Waals surface area contributed by atoms with Crippen LogP contribution in [-0.2, 0) is 6.54 Å². The highest BCUT2D eigenvalue weighted by atomic mass is 35.5. The van der Waals surface area contributed by atoms with Gasteiger partial charge in [-0.05, 0) is 36.6 Å². The maximum atomic E-state index is 15.0. The molecule has 0 spiro atoms. The van der Waals surface area contributed by atoms with E-state index in [-0.39, 0.29) is 28.1 Å². The van der Waals surface area contributed by atoms with Crippen LogP contribution in [0.4, 0.5) is 29.2 Å². The van der Waals surface area contributed by atoms with Crippen LogP contribution in [0.1, 0.15) is 36.6 Å². The number of halogens is 5. The lowest BCUT2D eigenvalue weighted by Gasteiger charge is -2.15. The second kappa shape index (κ2) is 9.21. The monoisotopic (exact) mass is 506 g/mol. The lowest BCUT2D eigenvalue weighted by atomic mass is 9.93. The molecule has 35 heavy (non-hydrogen) atoms. The molecule has 1 N–H and O–H groups in total. The Morgan fingerprint density at radius 1 is 1.06 bits per heavy atom. The van der Waals surface area contributed by atoms with E-state index in [9.17, 15) is 13.2 Å². The topological polar surface area (TPSA) is 69.8 Å². The Bertz CT molecular complexity index is 1380. The van der Waals surface area contributed by atoms with Gasteiger partial charge in [0.05, 0.1) is 7.11 Å². The Morgan fingerprint density at radius 2 is 1.83 bits per heavy atom. The van der Waals surface area contributed by atoms with Crippen LogP contribution in [0.15, 0.2) is 36.8 Å². The molecule has 7 nitrogen and oxygen atoms in total. The van der Waals surface area contributed by atoms with Crippen molar-refractivity contribution in [1.82, 2.24) is 24.3 Å². The zero-order chi connectivity index (χ0) is 24.7. The average molecular weight is 507 g/mol. The Morgan fingerprint density at radius 3 is 2.51 bits per heavy atom. The number of imidazole rings is 1. The molecular weight excluding hydrogens is 488 g/mol. The Kier molecular flexibility index (Phi) is 6.10. The van der Waals surface area contributed by atoms with Gasteiger partial charge in [-0.25, -0.2) is 27.2 Å². The molecule has 0 aliphatic carbocycles. The van der Waals surface area contributed by atoms with Gasteiger partial charge >= 0.3 is 0 Å². The second-order valence-corrected chi connectivity index (χ2v) is 8.49. The SMILES string of the molecule is COc1cc(Nc2nc3n(n2)CCCCC3c2cc(F)c(F)c(F)c2)cc(F)c1-n1cnc(Cl)c1. The van der Waals surface area contributed by atoms with Crippen LogP contribution in [-0.4, -0.2) is 31.4 Å². The molecule has 1 atom stereocenters. The summed E-state index contributed by atoms with van der Waals surface area (Å²) in [5.74, 6) is -4.23. The molecule has 0 radical (unpaired) electrons.